The van der Waals surface area contributed by atoms with Gasteiger partial charge in [0.25, 0.3) is 0 Å². The van der Waals surface area contributed by atoms with Crippen LogP contribution in [0.25, 0.3) is 0 Å². The van der Waals surface area contributed by atoms with Gasteiger partial charge >= 0.3 is 0 Å². The molecule has 1 rings (SSSR count). The van der Waals surface area contributed by atoms with Crippen LogP contribution in [-0.4, -0.2) is 5.91 Å². The predicted octanol–water partition coefficient (Wildman–Crippen LogP) is 2.33. The normalized spacial score (nSPS) is 20.5. The summed E-state index contributed by atoms with van der Waals surface area (Å²) in [5.74, 6) is 0.859. The predicted molar refractivity (Wildman–Crippen MR) is 55.6 cm³/mol. The third kappa shape index (κ3) is 10.4. The Bertz CT molecular complexity index is 171. The molecule has 1 radical (unpaired) electrons. The van der Waals surface area contributed by atoms with Gasteiger partial charge in [-0.25, -0.2) is 0 Å². The van der Waals surface area contributed by atoms with Gasteiger partial charge in [0.15, 0.2) is 0 Å². The first-order chi connectivity index (χ1) is 5.91. The second-order valence-electron chi connectivity index (χ2n) is 3.82. The summed E-state index contributed by atoms with van der Waals surface area (Å²) < 4.78 is 0. The molecule has 0 aromatic heterocycles. The molecule has 14 heavy (non-hydrogen) atoms. The van der Waals surface area contributed by atoms with Crippen molar-refractivity contribution >= 4 is 5.91 Å². The summed E-state index contributed by atoms with van der Waals surface area (Å²) in [5.41, 5.74) is 0.797. The molecule has 1 aliphatic heterocycles. The van der Waals surface area contributed by atoms with Crippen molar-refractivity contribution in [1.29, 1.82) is 0 Å². The van der Waals surface area contributed by atoms with E-state index in [0.717, 1.165) is 12.1 Å². The Morgan fingerprint density at radius 1 is 1.50 bits per heavy atom. The van der Waals surface area contributed by atoms with Crippen molar-refractivity contribution < 1.29 is 37.5 Å². The largest absolute Gasteiger partial charge is 0.341 e. The standard InChI is InChI=1S/C7H10NO.C4H9.Y/c1-5-3-6(2)8-7(9)4-5;1-4(2)3;/h5H,1-4H2,(H,8,9);4H,1H2,2-3H3;/q2*-1;. The summed E-state index contributed by atoms with van der Waals surface area (Å²) in [6.07, 6.45) is 1.37. The Kier molecular flexibility index (Phi) is 10.3. The maximum atomic E-state index is 10.7. The molecule has 1 N–H and O–H groups in total. The number of piperidine rings is 1. The van der Waals surface area contributed by atoms with Crippen molar-refractivity contribution in [2.45, 2.75) is 26.7 Å². The Labute approximate surface area is 113 Å². The number of rotatable bonds is 0. The molecule has 0 aromatic carbocycles. The van der Waals surface area contributed by atoms with Gasteiger partial charge in [0, 0.05) is 44.8 Å². The number of nitrogens with one attached hydrogen (secondary N) is 1. The first kappa shape index (κ1) is 16.7. The average Bonchev–Trinajstić information content (AvgIpc) is 1.80. The molecular formula is C11H19NOY-2. The van der Waals surface area contributed by atoms with Crippen LogP contribution in [0.2, 0.25) is 0 Å². The number of carbonyl (C=O) groups excluding carboxylic acids is 1. The zero-order valence-corrected chi connectivity index (χ0v) is 12.0. The zero-order valence-electron chi connectivity index (χ0n) is 9.18. The fraction of sp³-hybridized carbons (Fsp3) is 0.545. The van der Waals surface area contributed by atoms with Gasteiger partial charge in [0.1, 0.15) is 0 Å². The average molecular weight is 270 g/mol. The SMILES string of the molecule is C=C1CC([CH2-])CC(=O)N1.[CH2-]C(C)C.[Y]. The van der Waals surface area contributed by atoms with E-state index in [1.807, 2.05) is 0 Å². The molecule has 1 heterocycles. The molecule has 3 heteroatoms. The zero-order chi connectivity index (χ0) is 10.4. The number of allylic oxidation sites excluding steroid dienone is 1. The van der Waals surface area contributed by atoms with Crippen molar-refractivity contribution in [1.82, 2.24) is 5.32 Å². The molecule has 1 aliphatic rings. The Hall–Kier alpha value is 0.314. The van der Waals surface area contributed by atoms with Crippen LogP contribution in [0.1, 0.15) is 26.7 Å². The third-order valence-electron chi connectivity index (χ3n) is 1.33. The van der Waals surface area contributed by atoms with Gasteiger partial charge in [-0.3, -0.25) is 4.79 Å². The van der Waals surface area contributed by atoms with Gasteiger partial charge in [-0.1, -0.05) is 20.4 Å². The van der Waals surface area contributed by atoms with E-state index in [9.17, 15) is 4.79 Å². The third-order valence-corrected chi connectivity index (χ3v) is 1.33. The van der Waals surface area contributed by atoms with Crippen molar-refractivity contribution in [3.8, 4) is 0 Å². The Morgan fingerprint density at radius 3 is 2.21 bits per heavy atom. The molecule has 1 amide bonds. The molecule has 79 valence electrons. The van der Waals surface area contributed by atoms with E-state index in [1.165, 1.54) is 0 Å². The van der Waals surface area contributed by atoms with E-state index >= 15 is 0 Å². The Balaban J connectivity index is 0. The van der Waals surface area contributed by atoms with Crippen molar-refractivity contribution in [3.63, 3.8) is 0 Å². The fourth-order valence-electron chi connectivity index (χ4n) is 0.982. The number of amides is 1. The monoisotopic (exact) mass is 270 g/mol. The number of carbonyl (C=O) groups is 1. The van der Waals surface area contributed by atoms with E-state index in [2.05, 4.69) is 39.6 Å². The second-order valence-corrected chi connectivity index (χ2v) is 3.82. The molecule has 1 unspecified atom stereocenters. The quantitative estimate of drug-likeness (QED) is 0.672. The Morgan fingerprint density at radius 2 is 1.93 bits per heavy atom. The van der Waals surface area contributed by atoms with Crippen LogP contribution in [0.15, 0.2) is 12.3 Å². The van der Waals surface area contributed by atoms with E-state index in [0.29, 0.717) is 12.3 Å². The van der Waals surface area contributed by atoms with E-state index in [4.69, 9.17) is 0 Å². The van der Waals surface area contributed by atoms with Crippen LogP contribution in [-0.2, 0) is 37.5 Å². The summed E-state index contributed by atoms with van der Waals surface area (Å²) in [4.78, 5) is 10.7. The molecule has 1 saturated heterocycles. The van der Waals surface area contributed by atoms with Crippen LogP contribution in [0.5, 0.6) is 0 Å². The molecule has 0 spiro atoms. The van der Waals surface area contributed by atoms with Gasteiger partial charge < -0.3 is 19.2 Å². The summed E-state index contributed by atoms with van der Waals surface area (Å²) in [6.45, 7) is 15.2. The van der Waals surface area contributed by atoms with Gasteiger partial charge in [0.2, 0.25) is 5.91 Å². The van der Waals surface area contributed by atoms with Crippen LogP contribution in [0, 0.1) is 25.7 Å². The van der Waals surface area contributed by atoms with Crippen molar-refractivity contribution in [2.24, 2.45) is 11.8 Å². The summed E-state index contributed by atoms with van der Waals surface area (Å²) in [5, 5.41) is 2.64. The molecule has 1 fully saturated rings. The summed E-state index contributed by atoms with van der Waals surface area (Å²) >= 11 is 0. The molecular weight excluding hydrogens is 251 g/mol. The van der Waals surface area contributed by atoms with Crippen LogP contribution >= 0.6 is 0 Å². The minimum absolute atomic E-state index is 0. The maximum Gasteiger partial charge on any atom is 0.221 e. The molecule has 0 bridgehead atoms. The van der Waals surface area contributed by atoms with Crippen LogP contribution in [0.3, 0.4) is 0 Å². The minimum Gasteiger partial charge on any atom is -0.341 e. The summed E-state index contributed by atoms with van der Waals surface area (Å²) in [6, 6.07) is 0. The maximum absolute atomic E-state index is 10.7. The molecule has 0 aliphatic carbocycles. The summed E-state index contributed by atoms with van der Waals surface area (Å²) in [7, 11) is 0. The van der Waals surface area contributed by atoms with E-state index in [-0.39, 0.29) is 44.5 Å². The topological polar surface area (TPSA) is 29.1 Å². The number of hydrogen-bond donors (Lipinski definition) is 1. The van der Waals surface area contributed by atoms with Crippen LogP contribution in [0.4, 0.5) is 0 Å². The first-order valence-corrected chi connectivity index (χ1v) is 4.55. The van der Waals surface area contributed by atoms with Gasteiger partial charge in [-0.15, -0.1) is 0 Å². The smallest absolute Gasteiger partial charge is 0.221 e. The molecule has 0 saturated carbocycles. The van der Waals surface area contributed by atoms with E-state index < -0.39 is 0 Å². The van der Waals surface area contributed by atoms with E-state index in [1.54, 1.807) is 0 Å². The molecule has 2 nitrogen and oxygen atoms in total. The van der Waals surface area contributed by atoms with Gasteiger partial charge in [-0.2, -0.15) is 11.8 Å². The van der Waals surface area contributed by atoms with Crippen LogP contribution < -0.4 is 5.32 Å². The number of hydrogen-bond acceptors (Lipinski definition) is 1. The van der Waals surface area contributed by atoms with Gasteiger partial charge in [0.05, 0.1) is 0 Å². The van der Waals surface area contributed by atoms with Crippen molar-refractivity contribution in [3.05, 3.63) is 26.1 Å². The second kappa shape index (κ2) is 8.61. The minimum atomic E-state index is 0. The first-order valence-electron chi connectivity index (χ1n) is 4.55. The molecule has 0 aromatic rings. The van der Waals surface area contributed by atoms with Crippen molar-refractivity contribution in [2.75, 3.05) is 0 Å². The van der Waals surface area contributed by atoms with Gasteiger partial charge in [-0.05, 0) is 6.42 Å². The molecule has 1 atom stereocenters. The fourth-order valence-corrected chi connectivity index (χ4v) is 0.982.